The summed E-state index contributed by atoms with van der Waals surface area (Å²) >= 11 is 0. The van der Waals surface area contributed by atoms with Crippen LogP contribution < -0.4 is 0 Å². The molecule has 0 unspecified atom stereocenters. The highest BCUT2D eigenvalue weighted by Gasteiger charge is 2.38. The van der Waals surface area contributed by atoms with E-state index >= 15 is 0 Å². The third-order valence-electron chi connectivity index (χ3n) is 21.4. The topological polar surface area (TPSA) is 0 Å². The average Bonchev–Trinajstić information content (AvgIpc) is 1.49. The molecule has 2 aliphatic rings. The molecule has 0 fully saturated rings. The van der Waals surface area contributed by atoms with Gasteiger partial charge in [-0.25, -0.2) is 0 Å². The molecular weight excluding hydrogens is 1150 g/mol. The number of hydrogen-bond acceptors (Lipinski definition) is 0. The molecule has 0 heterocycles. The Morgan fingerprint density at radius 3 is 0.542 bits per heavy atom. The highest BCUT2D eigenvalue weighted by atomic mass is 14.4. The van der Waals surface area contributed by atoms with E-state index in [4.69, 9.17) is 0 Å². The number of benzene rings is 19. The van der Waals surface area contributed by atoms with Gasteiger partial charge in [0.1, 0.15) is 0 Å². The van der Waals surface area contributed by atoms with E-state index in [1.54, 1.807) is 0 Å². The van der Waals surface area contributed by atoms with Gasteiger partial charge in [-0.15, -0.1) is 0 Å². The molecule has 440 valence electrons. The average molecular weight is 1210 g/mol. The summed E-state index contributed by atoms with van der Waals surface area (Å²) in [5.41, 5.74) is 29.8. The lowest BCUT2D eigenvalue weighted by Crippen LogP contribution is -1.99. The summed E-state index contributed by atoms with van der Waals surface area (Å²) in [4.78, 5) is 0. The van der Waals surface area contributed by atoms with Gasteiger partial charge >= 0.3 is 0 Å². The van der Waals surface area contributed by atoms with Crippen molar-refractivity contribution >= 4 is 86.2 Å². The smallest absolute Gasteiger partial charge is 0.000717 e. The van der Waals surface area contributed by atoms with Gasteiger partial charge in [0, 0.05) is 0 Å². The molecule has 0 saturated heterocycles. The summed E-state index contributed by atoms with van der Waals surface area (Å²) < 4.78 is 0. The second-order valence-corrected chi connectivity index (χ2v) is 26.4. The SMILES string of the molecule is c1ccc(-c2c(-c3ccccc3)c(-c3ccc4ccccc4c3)c3c(c2-c2ccc4ccccc4c2)-c2ccc4c5ccc6c7c(ccc(c8ccc-3c2c48)c75)-c2c(-c3ccc4ccccc4c3)c(-c3ccccc3)c(-c3ccccc3)c(-c3ccc4ccccc4c3)c2-6)cc1. The Morgan fingerprint density at radius 1 is 0.115 bits per heavy atom. The van der Waals surface area contributed by atoms with Gasteiger partial charge in [-0.05, 0) is 244 Å². The second kappa shape index (κ2) is 20.5. The fourth-order valence-electron chi connectivity index (χ4n) is 17.4. The maximum Gasteiger partial charge on any atom is -0.000717 e. The highest BCUT2D eigenvalue weighted by molar-refractivity contribution is 6.42. The van der Waals surface area contributed by atoms with E-state index in [0.29, 0.717) is 0 Å². The Hall–Kier alpha value is -12.5. The molecule has 0 radical (unpaired) electrons. The standard InChI is InChI=1S/C96H56/c1-5-25-61(26-6-1)81-82(62-27-7-2-8-28-62)86(70-42-38-58-22-14-18-34-66(58)54-70)94-78-50-46-74-76-48-52-80-92-79(51-47-75(90(76)92)73-45-49-77(91(78)89(73)74)93(94)85(81)69-41-37-57-21-13-17-33-65(57)53-69)95-87(71-43-39-59-23-15-19-35-67(59)55-71)83(63-29-9-3-10-30-63)84(64-31-11-4-12-32-64)88(96(80)95)72-44-40-60-24-16-20-36-68(60)56-72/h1-56H. The van der Waals surface area contributed by atoms with Crippen molar-refractivity contribution in [3.63, 3.8) is 0 Å². The molecular formula is C96H56. The molecule has 96 heavy (non-hydrogen) atoms. The first-order valence-corrected chi connectivity index (χ1v) is 33.5. The predicted octanol–water partition coefficient (Wildman–Crippen LogP) is 27.0. The first kappa shape index (κ1) is 53.1. The Labute approximate surface area is 555 Å². The van der Waals surface area contributed by atoms with Crippen LogP contribution in [0.25, 0.3) is 220 Å². The molecule has 0 saturated carbocycles. The summed E-state index contributed by atoms with van der Waals surface area (Å²) in [5, 5.41) is 20.2. The fourth-order valence-corrected chi connectivity index (χ4v) is 17.4. The largest absolute Gasteiger partial charge is 0.0622 e. The van der Waals surface area contributed by atoms with Gasteiger partial charge in [-0.1, -0.05) is 315 Å². The maximum atomic E-state index is 2.50. The van der Waals surface area contributed by atoms with E-state index in [9.17, 15) is 0 Å². The lowest BCUT2D eigenvalue weighted by molar-refractivity contribution is 1.55. The van der Waals surface area contributed by atoms with E-state index < -0.39 is 0 Å². The first-order valence-electron chi connectivity index (χ1n) is 33.5. The van der Waals surface area contributed by atoms with Crippen molar-refractivity contribution < 1.29 is 0 Å². The molecule has 0 atom stereocenters. The van der Waals surface area contributed by atoms with Crippen molar-refractivity contribution in [1.29, 1.82) is 0 Å². The first-order chi connectivity index (χ1) is 47.7. The zero-order valence-electron chi connectivity index (χ0n) is 52.3. The number of rotatable bonds is 8. The van der Waals surface area contributed by atoms with Crippen LogP contribution >= 0.6 is 0 Å². The van der Waals surface area contributed by atoms with E-state index in [1.165, 1.54) is 220 Å². The summed E-state index contributed by atoms with van der Waals surface area (Å²) in [6, 6.07) is 129. The Kier molecular flexibility index (Phi) is 11.3. The van der Waals surface area contributed by atoms with Crippen LogP contribution in [0.3, 0.4) is 0 Å². The molecule has 0 bridgehead atoms. The van der Waals surface area contributed by atoms with Crippen LogP contribution in [0.2, 0.25) is 0 Å². The van der Waals surface area contributed by atoms with E-state index in [0.717, 1.165) is 0 Å². The third kappa shape index (κ3) is 7.61. The fraction of sp³-hybridized carbons (Fsp3) is 0. The van der Waals surface area contributed by atoms with Gasteiger partial charge < -0.3 is 0 Å². The van der Waals surface area contributed by atoms with E-state index in [1.807, 2.05) is 0 Å². The van der Waals surface area contributed by atoms with Crippen LogP contribution in [0, 0.1) is 0 Å². The Morgan fingerprint density at radius 2 is 0.312 bits per heavy atom. The zero-order valence-corrected chi connectivity index (χ0v) is 52.3. The maximum absolute atomic E-state index is 2.50. The lowest BCUT2D eigenvalue weighted by Gasteiger charge is -2.26. The summed E-state index contributed by atoms with van der Waals surface area (Å²) in [6.07, 6.45) is 0. The molecule has 0 N–H and O–H groups in total. The third-order valence-corrected chi connectivity index (χ3v) is 21.4. The van der Waals surface area contributed by atoms with Crippen LogP contribution in [0.4, 0.5) is 0 Å². The van der Waals surface area contributed by atoms with Crippen LogP contribution in [-0.2, 0) is 0 Å². The number of fused-ring (bicyclic) bond motifs is 12. The molecule has 19 aromatic carbocycles. The molecule has 0 aliphatic heterocycles. The molecule has 0 aromatic heterocycles. The molecule has 19 aromatic rings. The summed E-state index contributed by atoms with van der Waals surface area (Å²) in [7, 11) is 0. The van der Waals surface area contributed by atoms with Gasteiger partial charge in [0.2, 0.25) is 0 Å². The van der Waals surface area contributed by atoms with Crippen LogP contribution in [0.1, 0.15) is 0 Å². The minimum Gasteiger partial charge on any atom is -0.0622 e. The van der Waals surface area contributed by atoms with Gasteiger partial charge in [0.25, 0.3) is 0 Å². The lowest BCUT2D eigenvalue weighted by atomic mass is 9.76. The molecule has 0 heteroatoms. The van der Waals surface area contributed by atoms with Gasteiger partial charge in [0.15, 0.2) is 0 Å². The molecule has 0 amide bonds. The van der Waals surface area contributed by atoms with E-state index in [2.05, 4.69) is 340 Å². The zero-order chi connectivity index (χ0) is 62.7. The van der Waals surface area contributed by atoms with Gasteiger partial charge in [0.05, 0.1) is 0 Å². The van der Waals surface area contributed by atoms with Crippen molar-refractivity contribution in [2.24, 2.45) is 0 Å². The van der Waals surface area contributed by atoms with Crippen LogP contribution in [-0.4, -0.2) is 0 Å². The molecule has 2 aliphatic carbocycles. The summed E-state index contributed by atoms with van der Waals surface area (Å²) in [6.45, 7) is 0. The van der Waals surface area contributed by atoms with Gasteiger partial charge in [-0.3, -0.25) is 0 Å². The predicted molar refractivity (Wildman–Crippen MR) is 410 cm³/mol. The van der Waals surface area contributed by atoms with Crippen molar-refractivity contribution in [2.45, 2.75) is 0 Å². The second-order valence-electron chi connectivity index (χ2n) is 26.4. The van der Waals surface area contributed by atoms with Crippen LogP contribution in [0.5, 0.6) is 0 Å². The summed E-state index contributed by atoms with van der Waals surface area (Å²) in [5.74, 6) is 0. The van der Waals surface area contributed by atoms with Crippen molar-refractivity contribution in [3.05, 3.63) is 340 Å². The van der Waals surface area contributed by atoms with Crippen molar-refractivity contribution in [1.82, 2.24) is 0 Å². The highest BCUT2D eigenvalue weighted by Crippen LogP contribution is 2.66. The number of hydrogen-bond donors (Lipinski definition) is 0. The van der Waals surface area contributed by atoms with Crippen LogP contribution in [0.15, 0.2) is 340 Å². The minimum absolute atomic E-state index is 1.19. The minimum atomic E-state index is 1.19. The molecule has 0 spiro atoms. The normalized spacial score (nSPS) is 12.2. The van der Waals surface area contributed by atoms with Gasteiger partial charge in [-0.2, -0.15) is 0 Å². The van der Waals surface area contributed by atoms with Crippen molar-refractivity contribution in [3.8, 4) is 134 Å². The van der Waals surface area contributed by atoms with Crippen molar-refractivity contribution in [2.75, 3.05) is 0 Å². The monoisotopic (exact) mass is 1210 g/mol. The Bertz CT molecular complexity index is 5730. The molecule has 21 rings (SSSR count). The quantitative estimate of drug-likeness (QED) is 0.105. The molecule has 0 nitrogen and oxygen atoms in total. The Balaban J connectivity index is 0.907. The van der Waals surface area contributed by atoms with E-state index in [-0.39, 0.29) is 0 Å².